The topological polar surface area (TPSA) is 24.7 Å². The van der Waals surface area contributed by atoms with Crippen LogP contribution in [0.1, 0.15) is 11.1 Å². The Labute approximate surface area is 71.0 Å². The Kier molecular flexibility index (Phi) is 1.82. The zero-order chi connectivity index (χ0) is 8.23. The van der Waals surface area contributed by atoms with E-state index < -0.39 is 0 Å². The average Bonchev–Trinajstić information content (AvgIpc) is 2.06. The highest BCUT2D eigenvalue weighted by molar-refractivity contribution is 5.89. The van der Waals surface area contributed by atoms with Gasteiger partial charge < -0.3 is 0 Å². The van der Waals surface area contributed by atoms with E-state index in [4.69, 9.17) is 0 Å². The second-order valence-electron chi connectivity index (χ2n) is 2.50. The first-order chi connectivity index (χ1) is 5.97. The zero-order valence-corrected chi connectivity index (χ0v) is 6.51. The van der Waals surface area contributed by atoms with E-state index in [1.165, 1.54) is 5.56 Å². The number of benzene rings is 1. The van der Waals surface area contributed by atoms with Crippen molar-refractivity contribution in [2.45, 2.75) is 0 Å². The molecule has 0 atom stereocenters. The summed E-state index contributed by atoms with van der Waals surface area (Å²) in [6.07, 6.45) is 7.33. The largest absolute Gasteiger partial charge is 0.159 e. The summed E-state index contributed by atoms with van der Waals surface area (Å²) in [5.41, 5.74) is 2.28. The number of hydrogen-bond acceptors (Lipinski definition) is 2. The molecule has 1 aromatic carbocycles. The molecule has 0 spiro atoms. The van der Waals surface area contributed by atoms with Gasteiger partial charge in [-0.3, -0.25) is 0 Å². The van der Waals surface area contributed by atoms with E-state index in [1.54, 1.807) is 12.4 Å². The van der Waals surface area contributed by atoms with Gasteiger partial charge in [0.25, 0.3) is 0 Å². The third-order valence-electron chi connectivity index (χ3n) is 1.69. The maximum absolute atomic E-state index is 3.87. The molecule has 0 aliphatic carbocycles. The molecule has 0 fully saturated rings. The summed E-state index contributed by atoms with van der Waals surface area (Å²) >= 11 is 0. The molecule has 58 valence electrons. The first kappa shape index (κ1) is 6.98. The molecule has 0 amide bonds. The monoisotopic (exact) mass is 156 g/mol. The van der Waals surface area contributed by atoms with Gasteiger partial charge in [0.15, 0.2) is 0 Å². The summed E-state index contributed by atoms with van der Waals surface area (Å²) in [6, 6.07) is 8.07. The molecule has 12 heavy (non-hydrogen) atoms. The van der Waals surface area contributed by atoms with Crippen LogP contribution < -0.4 is 0 Å². The predicted molar refractivity (Wildman–Crippen MR) is 51.6 cm³/mol. The van der Waals surface area contributed by atoms with E-state index in [0.29, 0.717) is 0 Å². The van der Waals surface area contributed by atoms with Crippen molar-refractivity contribution < 1.29 is 0 Å². The Morgan fingerprint density at radius 2 is 1.75 bits per heavy atom. The maximum atomic E-state index is 3.87. The summed E-state index contributed by atoms with van der Waals surface area (Å²) < 4.78 is 0. The fraction of sp³-hybridized carbons (Fsp3) is 0. The van der Waals surface area contributed by atoms with Crippen molar-refractivity contribution in [1.29, 1.82) is 0 Å². The molecule has 0 N–H and O–H groups in total. The average molecular weight is 156 g/mol. The van der Waals surface area contributed by atoms with Crippen molar-refractivity contribution >= 4 is 18.5 Å². The van der Waals surface area contributed by atoms with Crippen LogP contribution in [0.25, 0.3) is 6.08 Å². The molecule has 2 heteroatoms. The van der Waals surface area contributed by atoms with Crippen molar-refractivity contribution in [3.05, 3.63) is 41.5 Å². The highest BCUT2D eigenvalue weighted by Crippen LogP contribution is 2.08. The first-order valence-corrected chi connectivity index (χ1v) is 3.79. The molecule has 1 aliphatic heterocycles. The van der Waals surface area contributed by atoms with E-state index in [9.17, 15) is 0 Å². The lowest BCUT2D eigenvalue weighted by atomic mass is 10.1. The Morgan fingerprint density at radius 1 is 0.917 bits per heavy atom. The molecule has 0 aromatic heterocycles. The maximum Gasteiger partial charge on any atom is 0.0574 e. The van der Waals surface area contributed by atoms with Crippen LogP contribution in [-0.4, -0.2) is 12.4 Å². The number of rotatable bonds is 0. The van der Waals surface area contributed by atoms with E-state index >= 15 is 0 Å². The minimum absolute atomic E-state index is 1.10. The molecule has 0 saturated heterocycles. The molecular formula is C10H8N2. The van der Waals surface area contributed by atoms with Crippen LogP contribution in [0.15, 0.2) is 40.5 Å². The van der Waals surface area contributed by atoms with Gasteiger partial charge in [0.2, 0.25) is 0 Å². The van der Waals surface area contributed by atoms with Crippen LogP contribution in [-0.2, 0) is 0 Å². The summed E-state index contributed by atoms with van der Waals surface area (Å²) in [5.74, 6) is 0. The van der Waals surface area contributed by atoms with Gasteiger partial charge in [0.05, 0.1) is 6.21 Å². The van der Waals surface area contributed by atoms with E-state index in [0.717, 1.165) is 5.56 Å². The molecule has 1 heterocycles. The zero-order valence-electron chi connectivity index (χ0n) is 6.51. The van der Waals surface area contributed by atoms with Gasteiger partial charge in [-0.25, -0.2) is 0 Å². The minimum atomic E-state index is 1.10. The molecule has 0 bridgehead atoms. The van der Waals surface area contributed by atoms with Gasteiger partial charge in [-0.2, -0.15) is 10.2 Å². The van der Waals surface area contributed by atoms with Crippen molar-refractivity contribution in [3.63, 3.8) is 0 Å². The summed E-state index contributed by atoms with van der Waals surface area (Å²) in [5, 5.41) is 7.65. The molecule has 1 aliphatic rings. The molecule has 2 rings (SSSR count). The molecule has 0 saturated carbocycles. The van der Waals surface area contributed by atoms with Crippen molar-refractivity contribution in [2.75, 3.05) is 0 Å². The van der Waals surface area contributed by atoms with Gasteiger partial charge >= 0.3 is 0 Å². The Bertz CT molecular complexity index is 327. The van der Waals surface area contributed by atoms with Crippen molar-refractivity contribution in [1.82, 2.24) is 0 Å². The van der Waals surface area contributed by atoms with Gasteiger partial charge in [0, 0.05) is 11.8 Å². The lowest BCUT2D eigenvalue weighted by Crippen LogP contribution is -1.87. The fourth-order valence-corrected chi connectivity index (χ4v) is 1.10. The van der Waals surface area contributed by atoms with Gasteiger partial charge in [0.1, 0.15) is 0 Å². The lowest BCUT2D eigenvalue weighted by Gasteiger charge is -1.98. The third kappa shape index (κ3) is 1.32. The number of fused-ring (bicyclic) bond motifs is 1. The van der Waals surface area contributed by atoms with Crippen molar-refractivity contribution in [2.24, 2.45) is 10.2 Å². The standard InChI is InChI=1S/C10H8N2/c1-2-5-10-8-12-11-7-3-6-9(10)4-1/h1-8H. The van der Waals surface area contributed by atoms with Gasteiger partial charge in [-0.05, 0) is 11.6 Å². The smallest absolute Gasteiger partial charge is 0.0574 e. The van der Waals surface area contributed by atoms with E-state index in [2.05, 4.69) is 16.3 Å². The highest BCUT2D eigenvalue weighted by atomic mass is 15.2. The molecule has 2 nitrogen and oxygen atoms in total. The normalized spacial score (nSPS) is 13.7. The van der Waals surface area contributed by atoms with Gasteiger partial charge in [-0.15, -0.1) is 0 Å². The Morgan fingerprint density at radius 3 is 2.67 bits per heavy atom. The summed E-state index contributed by atoms with van der Waals surface area (Å²) in [4.78, 5) is 0. The van der Waals surface area contributed by atoms with E-state index in [-0.39, 0.29) is 0 Å². The van der Waals surface area contributed by atoms with E-state index in [1.807, 2.05) is 30.4 Å². The first-order valence-electron chi connectivity index (χ1n) is 3.79. The van der Waals surface area contributed by atoms with Gasteiger partial charge in [-0.1, -0.05) is 30.3 Å². The van der Waals surface area contributed by atoms with Crippen LogP contribution in [0.3, 0.4) is 0 Å². The summed E-state index contributed by atoms with van der Waals surface area (Å²) in [7, 11) is 0. The quantitative estimate of drug-likeness (QED) is 0.549. The Hall–Kier alpha value is -1.70. The van der Waals surface area contributed by atoms with Crippen LogP contribution in [0.5, 0.6) is 0 Å². The third-order valence-corrected chi connectivity index (χ3v) is 1.69. The van der Waals surface area contributed by atoms with Crippen molar-refractivity contribution in [3.8, 4) is 0 Å². The molecule has 1 aromatic rings. The summed E-state index contributed by atoms with van der Waals surface area (Å²) in [6.45, 7) is 0. The second-order valence-corrected chi connectivity index (χ2v) is 2.50. The highest BCUT2D eigenvalue weighted by Gasteiger charge is 1.94. The Balaban J connectivity index is 2.54. The number of nitrogens with zero attached hydrogens (tertiary/aromatic N) is 2. The number of hydrogen-bond donors (Lipinski definition) is 0. The number of allylic oxidation sites excluding steroid dienone is 1. The molecular weight excluding hydrogens is 148 g/mol. The van der Waals surface area contributed by atoms with Crippen LogP contribution >= 0.6 is 0 Å². The SMILES string of the molecule is C1=Cc2ccccc2C=NN=C1. The molecule has 0 unspecified atom stereocenters. The second kappa shape index (κ2) is 3.13. The van der Waals surface area contributed by atoms with Crippen LogP contribution in [0.4, 0.5) is 0 Å². The molecule has 0 radical (unpaired) electrons. The van der Waals surface area contributed by atoms with Crippen LogP contribution in [0.2, 0.25) is 0 Å². The van der Waals surface area contributed by atoms with Crippen LogP contribution in [0, 0.1) is 0 Å². The predicted octanol–water partition coefficient (Wildman–Crippen LogP) is 2.12. The lowest BCUT2D eigenvalue weighted by molar-refractivity contribution is 1.27. The fourth-order valence-electron chi connectivity index (χ4n) is 1.10. The minimum Gasteiger partial charge on any atom is -0.159 e.